The Labute approximate surface area is 203 Å². The molecule has 0 bridgehead atoms. The molecule has 176 valence electrons. The quantitative estimate of drug-likeness (QED) is 0.492. The minimum Gasteiger partial charge on any atom is -0.378 e. The number of Topliss-reactive ketones (excluding diaryl/α,β-unsaturated/α-hetero) is 1. The van der Waals surface area contributed by atoms with Crippen molar-refractivity contribution in [1.29, 1.82) is 0 Å². The molecule has 1 aromatic heterocycles. The van der Waals surface area contributed by atoms with Gasteiger partial charge in [-0.2, -0.15) is 0 Å². The highest BCUT2D eigenvalue weighted by Crippen LogP contribution is 2.31. The fourth-order valence-electron chi connectivity index (χ4n) is 3.82. The van der Waals surface area contributed by atoms with E-state index in [0.29, 0.717) is 12.6 Å². The number of aryl methyl sites for hydroxylation is 1. The average molecular weight is 478 g/mol. The van der Waals surface area contributed by atoms with Gasteiger partial charge >= 0.3 is 0 Å². The van der Waals surface area contributed by atoms with E-state index in [1.54, 1.807) is 11.8 Å². The van der Waals surface area contributed by atoms with Gasteiger partial charge in [-0.05, 0) is 55.5 Å². The lowest BCUT2D eigenvalue weighted by Crippen LogP contribution is -2.36. The number of hydrogen-bond donors (Lipinski definition) is 2. The van der Waals surface area contributed by atoms with Crippen LogP contribution >= 0.6 is 11.8 Å². The summed E-state index contributed by atoms with van der Waals surface area (Å²) in [4.78, 5) is 24.3. The number of carbonyl (C=O) groups excluding carboxylic acids is 1. The van der Waals surface area contributed by atoms with Crippen LogP contribution in [0, 0.1) is 6.92 Å². The van der Waals surface area contributed by atoms with Crippen LogP contribution in [0.4, 0.5) is 23.0 Å². The van der Waals surface area contributed by atoms with Crippen molar-refractivity contribution < 1.29 is 14.3 Å². The zero-order chi connectivity index (χ0) is 23.3. The summed E-state index contributed by atoms with van der Waals surface area (Å²) >= 11 is 1.58. The van der Waals surface area contributed by atoms with Gasteiger partial charge < -0.3 is 25.0 Å². The van der Waals surface area contributed by atoms with Crippen molar-refractivity contribution in [3.05, 3.63) is 60.3 Å². The first-order valence-electron chi connectivity index (χ1n) is 11.3. The van der Waals surface area contributed by atoms with Gasteiger partial charge in [0.2, 0.25) is 5.95 Å². The Morgan fingerprint density at radius 2 is 1.74 bits per heavy atom. The third-order valence-electron chi connectivity index (χ3n) is 5.75. The Morgan fingerprint density at radius 3 is 2.44 bits per heavy atom. The van der Waals surface area contributed by atoms with Crippen molar-refractivity contribution in [2.24, 2.45) is 0 Å². The normalized spacial score (nSPS) is 18.2. The number of carbonyl (C=O) groups is 1. The largest absolute Gasteiger partial charge is 0.378 e. The fraction of sp³-hybridized carbons (Fsp3) is 0.320. The van der Waals surface area contributed by atoms with E-state index in [1.807, 2.05) is 49.5 Å². The number of morpholine rings is 1. The summed E-state index contributed by atoms with van der Waals surface area (Å²) in [7, 11) is 0. The van der Waals surface area contributed by atoms with Crippen LogP contribution in [0.5, 0.6) is 0 Å². The second-order valence-corrected chi connectivity index (χ2v) is 9.32. The molecular weight excluding hydrogens is 450 g/mol. The molecule has 0 spiro atoms. The van der Waals surface area contributed by atoms with E-state index in [-0.39, 0.29) is 18.4 Å². The number of rotatable bonds is 7. The molecule has 2 saturated heterocycles. The van der Waals surface area contributed by atoms with Crippen LogP contribution in [0.1, 0.15) is 5.56 Å². The van der Waals surface area contributed by atoms with Crippen molar-refractivity contribution in [2.75, 3.05) is 55.1 Å². The van der Waals surface area contributed by atoms with Gasteiger partial charge in [0.05, 0.1) is 19.8 Å². The van der Waals surface area contributed by atoms with Crippen LogP contribution in [0.3, 0.4) is 0 Å². The first kappa shape index (κ1) is 22.6. The Morgan fingerprint density at radius 1 is 1.00 bits per heavy atom. The molecule has 8 nitrogen and oxygen atoms in total. The Bertz CT molecular complexity index is 1130. The molecule has 2 aromatic carbocycles. The number of anilines is 4. The molecule has 3 heterocycles. The van der Waals surface area contributed by atoms with E-state index >= 15 is 0 Å². The van der Waals surface area contributed by atoms with Crippen LogP contribution in [0.25, 0.3) is 0 Å². The third-order valence-corrected chi connectivity index (χ3v) is 6.87. The highest BCUT2D eigenvalue weighted by molar-refractivity contribution is 7.99. The predicted octanol–water partition coefficient (Wildman–Crippen LogP) is 3.90. The lowest BCUT2D eigenvalue weighted by Gasteiger charge is -2.28. The lowest BCUT2D eigenvalue weighted by atomic mass is 10.2. The lowest BCUT2D eigenvalue weighted by molar-refractivity contribution is -0.118. The Balaban J connectivity index is 1.22. The van der Waals surface area contributed by atoms with Gasteiger partial charge in [-0.3, -0.25) is 4.79 Å². The number of ketones is 1. The van der Waals surface area contributed by atoms with E-state index in [2.05, 4.69) is 32.7 Å². The maximum Gasteiger partial charge on any atom is 0.228 e. The molecule has 3 aromatic rings. The number of benzene rings is 2. The molecule has 1 unspecified atom stereocenters. The first-order chi connectivity index (χ1) is 16.6. The molecule has 9 heteroatoms. The fourth-order valence-corrected chi connectivity index (χ4v) is 4.66. The number of aromatic nitrogens is 2. The number of nitrogens with zero attached hydrogens (tertiary/aromatic N) is 3. The summed E-state index contributed by atoms with van der Waals surface area (Å²) in [5.41, 5.74) is 4.04. The van der Waals surface area contributed by atoms with Gasteiger partial charge in [0.15, 0.2) is 5.78 Å². The minimum atomic E-state index is -0.265. The smallest absolute Gasteiger partial charge is 0.228 e. The molecule has 0 aliphatic carbocycles. The summed E-state index contributed by atoms with van der Waals surface area (Å²) in [5, 5.41) is 7.43. The molecule has 1 atom stereocenters. The zero-order valence-electron chi connectivity index (χ0n) is 19.0. The molecule has 0 amide bonds. The van der Waals surface area contributed by atoms with E-state index < -0.39 is 0 Å². The zero-order valence-corrected chi connectivity index (χ0v) is 19.8. The molecule has 2 N–H and O–H groups in total. The van der Waals surface area contributed by atoms with Gasteiger partial charge in [0.1, 0.15) is 17.7 Å². The van der Waals surface area contributed by atoms with Crippen LogP contribution in [0.2, 0.25) is 0 Å². The van der Waals surface area contributed by atoms with Crippen molar-refractivity contribution in [3.63, 3.8) is 0 Å². The first-order valence-corrected chi connectivity index (χ1v) is 12.1. The number of ether oxygens (including phenoxy) is 2. The van der Waals surface area contributed by atoms with Crippen LogP contribution < -0.4 is 15.5 Å². The summed E-state index contributed by atoms with van der Waals surface area (Å²) in [5.74, 6) is 0.649. The molecule has 5 rings (SSSR count). The second kappa shape index (κ2) is 10.4. The molecule has 34 heavy (non-hydrogen) atoms. The molecule has 2 aliphatic heterocycles. The minimum absolute atomic E-state index is 0.0887. The third kappa shape index (κ3) is 5.49. The standard InChI is InChI=1S/C25H27N5O3S/c1-17-14-26-25(28-19-2-6-20(7-3-19)30-10-12-32-13-11-30)29-24(17)34-21-8-4-18(5-9-21)27-22-15-33-16-23(22)31/h2-9,14,22,27H,10-13,15-16H2,1H3,(H,26,28,29). The van der Waals surface area contributed by atoms with E-state index in [1.165, 1.54) is 5.69 Å². The van der Waals surface area contributed by atoms with E-state index in [0.717, 1.165) is 53.2 Å². The Hall–Kier alpha value is -3.14. The maximum absolute atomic E-state index is 11.8. The molecular formula is C25H27N5O3S. The van der Waals surface area contributed by atoms with Gasteiger partial charge in [0.25, 0.3) is 0 Å². The summed E-state index contributed by atoms with van der Waals surface area (Å²) in [6.45, 7) is 5.98. The van der Waals surface area contributed by atoms with Crippen LogP contribution in [-0.2, 0) is 14.3 Å². The average Bonchev–Trinajstić information content (AvgIpc) is 3.27. The monoisotopic (exact) mass is 477 g/mol. The molecule has 2 aliphatic rings. The highest BCUT2D eigenvalue weighted by Gasteiger charge is 2.24. The van der Waals surface area contributed by atoms with Crippen molar-refractivity contribution in [1.82, 2.24) is 9.97 Å². The Kier molecular flexibility index (Phi) is 6.94. The van der Waals surface area contributed by atoms with Crippen molar-refractivity contribution in [3.8, 4) is 0 Å². The van der Waals surface area contributed by atoms with Gasteiger partial charge in [0, 0.05) is 46.8 Å². The second-order valence-electron chi connectivity index (χ2n) is 8.26. The highest BCUT2D eigenvalue weighted by atomic mass is 32.2. The SMILES string of the molecule is Cc1cnc(Nc2ccc(N3CCOCC3)cc2)nc1Sc1ccc(NC2COCC2=O)cc1. The van der Waals surface area contributed by atoms with Crippen LogP contribution in [0.15, 0.2) is 64.6 Å². The molecule has 0 saturated carbocycles. The van der Waals surface area contributed by atoms with Crippen LogP contribution in [-0.4, -0.2) is 61.3 Å². The van der Waals surface area contributed by atoms with Gasteiger partial charge in [-0.15, -0.1) is 0 Å². The predicted molar refractivity (Wildman–Crippen MR) is 133 cm³/mol. The maximum atomic E-state index is 11.8. The summed E-state index contributed by atoms with van der Waals surface area (Å²) in [6.07, 6.45) is 1.83. The van der Waals surface area contributed by atoms with Gasteiger partial charge in [-0.1, -0.05) is 11.8 Å². The van der Waals surface area contributed by atoms with E-state index in [4.69, 9.17) is 14.5 Å². The van der Waals surface area contributed by atoms with Gasteiger partial charge in [-0.25, -0.2) is 9.97 Å². The summed E-state index contributed by atoms with van der Waals surface area (Å²) < 4.78 is 10.6. The number of hydrogen-bond acceptors (Lipinski definition) is 9. The molecule has 2 fully saturated rings. The van der Waals surface area contributed by atoms with Crippen molar-refractivity contribution in [2.45, 2.75) is 22.9 Å². The summed E-state index contributed by atoms with van der Waals surface area (Å²) in [6, 6.07) is 16.0. The number of nitrogens with one attached hydrogen (secondary N) is 2. The molecule has 0 radical (unpaired) electrons. The van der Waals surface area contributed by atoms with Crippen molar-refractivity contribution >= 4 is 40.6 Å². The topological polar surface area (TPSA) is 88.6 Å². The van der Waals surface area contributed by atoms with E-state index in [9.17, 15) is 4.79 Å².